The second kappa shape index (κ2) is 8.05. The fourth-order valence-electron chi connectivity index (χ4n) is 4.50. The molecule has 8 heteroatoms. The molecule has 0 N–H and O–H groups in total. The number of benzene rings is 2. The first-order chi connectivity index (χ1) is 16.0. The Morgan fingerprint density at radius 2 is 1.70 bits per heavy atom. The van der Waals surface area contributed by atoms with Crippen molar-refractivity contribution in [3.05, 3.63) is 94.7 Å². The maximum Gasteiger partial charge on any atom is 0.278 e. The number of hydrogen-bond donors (Lipinski definition) is 0. The molecule has 0 bridgehead atoms. The van der Waals surface area contributed by atoms with Crippen LogP contribution in [0, 0.1) is 5.21 Å². The highest BCUT2D eigenvalue weighted by Crippen LogP contribution is 2.27. The van der Waals surface area contributed by atoms with E-state index in [2.05, 4.69) is 4.57 Å². The summed E-state index contributed by atoms with van der Waals surface area (Å²) in [5, 5.41) is 11.9. The molecule has 4 aromatic rings. The lowest BCUT2D eigenvalue weighted by Crippen LogP contribution is -2.42. The van der Waals surface area contributed by atoms with Crippen LogP contribution < -0.4 is 14.0 Å². The van der Waals surface area contributed by atoms with E-state index in [1.165, 1.54) is 17.3 Å². The van der Waals surface area contributed by atoms with Crippen molar-refractivity contribution >= 4 is 22.8 Å². The Kier molecular flexibility index (Phi) is 5.05. The van der Waals surface area contributed by atoms with Gasteiger partial charge in [-0.05, 0) is 37.3 Å². The number of pyridine rings is 1. The largest absolute Gasteiger partial charge is 0.619 e. The average molecular weight is 443 g/mol. The molecule has 3 heterocycles. The Bertz CT molecular complexity index is 1370. The lowest BCUT2D eigenvalue weighted by Gasteiger charge is -2.13. The molecule has 0 radical (unpaired) electrons. The van der Waals surface area contributed by atoms with E-state index in [9.17, 15) is 14.8 Å². The van der Waals surface area contributed by atoms with Gasteiger partial charge in [0, 0.05) is 12.1 Å². The number of ether oxygens (including phenoxy) is 1. The number of aromatic nitrogens is 3. The summed E-state index contributed by atoms with van der Waals surface area (Å²) in [5.74, 6) is 0.884. The molecule has 0 spiro atoms. The summed E-state index contributed by atoms with van der Waals surface area (Å²) >= 11 is 0. The van der Waals surface area contributed by atoms with Crippen LogP contribution in [0.2, 0.25) is 0 Å². The number of methoxy groups -OCH3 is 1. The molecule has 5 rings (SSSR count). The molecular formula is C25H23N4O4+. The molecule has 2 aromatic heterocycles. The van der Waals surface area contributed by atoms with Crippen molar-refractivity contribution < 1.29 is 23.6 Å². The molecule has 0 aliphatic carbocycles. The first kappa shape index (κ1) is 20.7. The third-order valence-corrected chi connectivity index (χ3v) is 6.06. The van der Waals surface area contributed by atoms with Crippen LogP contribution in [-0.2, 0) is 19.6 Å². The monoisotopic (exact) mass is 443 g/mol. The Morgan fingerprint density at radius 1 is 0.970 bits per heavy atom. The average Bonchev–Trinajstić information content (AvgIpc) is 3.25. The fraction of sp³-hybridized carbons (Fsp3) is 0.200. The number of rotatable bonds is 6. The first-order valence-electron chi connectivity index (χ1n) is 10.7. The van der Waals surface area contributed by atoms with Crippen molar-refractivity contribution in [1.82, 2.24) is 9.47 Å². The molecule has 0 fully saturated rings. The van der Waals surface area contributed by atoms with Crippen molar-refractivity contribution in [2.45, 2.75) is 26.6 Å². The predicted octanol–water partition coefficient (Wildman–Crippen LogP) is 2.44. The van der Waals surface area contributed by atoms with Gasteiger partial charge in [0.25, 0.3) is 17.6 Å². The number of amides is 2. The van der Waals surface area contributed by atoms with E-state index in [1.54, 1.807) is 37.4 Å². The third-order valence-electron chi connectivity index (χ3n) is 6.06. The maximum atomic E-state index is 13.1. The van der Waals surface area contributed by atoms with E-state index in [-0.39, 0.29) is 18.4 Å². The molecule has 8 nitrogen and oxygen atoms in total. The van der Waals surface area contributed by atoms with E-state index in [0.29, 0.717) is 30.0 Å². The quantitative estimate of drug-likeness (QED) is 0.260. The second-order valence-electron chi connectivity index (χ2n) is 7.92. The molecule has 2 amide bonds. The van der Waals surface area contributed by atoms with E-state index in [0.717, 1.165) is 27.2 Å². The zero-order valence-electron chi connectivity index (χ0n) is 18.4. The van der Waals surface area contributed by atoms with Crippen molar-refractivity contribution in [1.29, 1.82) is 0 Å². The van der Waals surface area contributed by atoms with Crippen molar-refractivity contribution in [2.75, 3.05) is 7.11 Å². The Morgan fingerprint density at radius 3 is 2.33 bits per heavy atom. The highest BCUT2D eigenvalue weighted by atomic mass is 16.5. The van der Waals surface area contributed by atoms with Gasteiger partial charge in [-0.15, -0.1) is 0 Å². The molecule has 0 saturated carbocycles. The number of aryl methyl sites for hydroxylation is 1. The van der Waals surface area contributed by atoms with Gasteiger partial charge in [-0.1, -0.05) is 12.1 Å². The highest BCUT2D eigenvalue weighted by Gasteiger charge is 2.38. The lowest BCUT2D eigenvalue weighted by atomic mass is 10.1. The van der Waals surface area contributed by atoms with Gasteiger partial charge in [-0.25, -0.2) is 9.13 Å². The minimum atomic E-state index is -0.301. The molecule has 166 valence electrons. The van der Waals surface area contributed by atoms with Crippen LogP contribution in [0.1, 0.15) is 39.0 Å². The number of carbonyl (C=O) groups excluding carboxylic acids is 2. The minimum Gasteiger partial charge on any atom is -0.619 e. The van der Waals surface area contributed by atoms with Gasteiger partial charge < -0.3 is 9.94 Å². The minimum absolute atomic E-state index is 0.112. The van der Waals surface area contributed by atoms with Crippen LogP contribution in [0.15, 0.2) is 67.0 Å². The molecule has 1 aliphatic heterocycles. The van der Waals surface area contributed by atoms with Crippen LogP contribution in [0.3, 0.4) is 0 Å². The van der Waals surface area contributed by atoms with Gasteiger partial charge in [-0.2, -0.15) is 4.73 Å². The van der Waals surface area contributed by atoms with Crippen LogP contribution in [0.5, 0.6) is 5.75 Å². The smallest absolute Gasteiger partial charge is 0.278 e. The maximum absolute atomic E-state index is 13.1. The van der Waals surface area contributed by atoms with Crippen molar-refractivity contribution in [2.24, 2.45) is 0 Å². The Balaban J connectivity index is 1.66. The van der Waals surface area contributed by atoms with Gasteiger partial charge in [0.1, 0.15) is 18.8 Å². The van der Waals surface area contributed by atoms with Gasteiger partial charge >= 0.3 is 0 Å². The topological polar surface area (TPSA) is 82.4 Å². The molecule has 0 unspecified atom stereocenters. The second-order valence-corrected chi connectivity index (χ2v) is 7.92. The number of nitrogens with zero attached hydrogens (tertiary/aromatic N) is 4. The number of imide groups is 1. The van der Waals surface area contributed by atoms with Gasteiger partial charge in [0.15, 0.2) is 23.4 Å². The number of imidazole rings is 1. The number of fused-ring (bicyclic) bond motifs is 2. The third kappa shape index (κ3) is 3.40. The summed E-state index contributed by atoms with van der Waals surface area (Å²) in [6.45, 7) is 3.18. The summed E-state index contributed by atoms with van der Waals surface area (Å²) in [4.78, 5) is 27.4. The van der Waals surface area contributed by atoms with Crippen LogP contribution >= 0.6 is 0 Å². The van der Waals surface area contributed by atoms with Gasteiger partial charge in [0.2, 0.25) is 0 Å². The lowest BCUT2D eigenvalue weighted by molar-refractivity contribution is -0.677. The summed E-state index contributed by atoms with van der Waals surface area (Å²) in [6, 6.07) is 16.3. The van der Waals surface area contributed by atoms with Crippen LogP contribution in [0.4, 0.5) is 0 Å². The van der Waals surface area contributed by atoms with Gasteiger partial charge in [0.05, 0.1) is 30.3 Å². The molecule has 1 aliphatic rings. The number of hydrogen-bond acceptors (Lipinski definition) is 4. The molecule has 0 atom stereocenters. The van der Waals surface area contributed by atoms with Crippen LogP contribution in [0.25, 0.3) is 11.0 Å². The van der Waals surface area contributed by atoms with E-state index in [1.807, 2.05) is 35.8 Å². The first-order valence-corrected chi connectivity index (χ1v) is 10.7. The van der Waals surface area contributed by atoms with Crippen molar-refractivity contribution in [3.63, 3.8) is 0 Å². The summed E-state index contributed by atoms with van der Waals surface area (Å²) in [6.07, 6.45) is 2.96. The van der Waals surface area contributed by atoms with E-state index in [4.69, 9.17) is 4.74 Å². The van der Waals surface area contributed by atoms with Crippen molar-refractivity contribution in [3.8, 4) is 5.75 Å². The Labute approximate surface area is 190 Å². The molecule has 0 saturated heterocycles. The highest BCUT2D eigenvalue weighted by molar-refractivity contribution is 6.21. The molecule has 2 aromatic carbocycles. The normalized spacial score (nSPS) is 13.1. The SMILES string of the molecule is CC[n+]1c(CN2C(=O)c3ccccc3C2=O)n(Cc2ccc[n+]([O-])c2)c2cc(OC)ccc21. The zero-order chi connectivity index (χ0) is 23.1. The van der Waals surface area contributed by atoms with Gasteiger partial charge in [-0.3, -0.25) is 14.5 Å². The van der Waals surface area contributed by atoms with E-state index < -0.39 is 0 Å². The fourth-order valence-corrected chi connectivity index (χ4v) is 4.50. The van der Waals surface area contributed by atoms with E-state index >= 15 is 0 Å². The summed E-state index contributed by atoms with van der Waals surface area (Å²) in [5.41, 5.74) is 3.50. The standard InChI is InChI=1S/C25H23N4O4/c1-3-27-21-11-10-18(33-2)13-22(21)28(15-17-7-6-12-26(32)14-17)23(27)16-29-24(30)19-8-4-5-9-20(19)25(29)31/h4-14H,3,15-16H2,1-2H3/q+1. The summed E-state index contributed by atoms with van der Waals surface area (Å²) < 4.78 is 10.3. The molecule has 33 heavy (non-hydrogen) atoms. The van der Waals surface area contributed by atoms with Crippen LogP contribution in [-0.4, -0.2) is 28.4 Å². The number of carbonyl (C=O) groups is 2. The predicted molar refractivity (Wildman–Crippen MR) is 120 cm³/mol. The zero-order valence-corrected chi connectivity index (χ0v) is 18.4. The molecular weight excluding hydrogens is 420 g/mol. The summed E-state index contributed by atoms with van der Waals surface area (Å²) in [7, 11) is 1.61. The Hall–Kier alpha value is -4.20.